The zero-order valence-electron chi connectivity index (χ0n) is 10.3. The number of amides is 2. The Morgan fingerprint density at radius 1 is 1.50 bits per heavy atom. The molecule has 0 aliphatic carbocycles. The van der Waals surface area contributed by atoms with Gasteiger partial charge in [0.05, 0.1) is 13.0 Å². The fourth-order valence-corrected chi connectivity index (χ4v) is 1.46. The highest BCUT2D eigenvalue weighted by molar-refractivity contribution is 5.75. The van der Waals surface area contributed by atoms with E-state index in [1.54, 1.807) is 23.1 Å². The van der Waals surface area contributed by atoms with Gasteiger partial charge in [0.2, 0.25) is 0 Å². The van der Waals surface area contributed by atoms with Gasteiger partial charge in [-0.05, 0) is 12.5 Å². The number of nitrogens with one attached hydrogen (secondary N) is 2. The number of rotatable bonds is 7. The van der Waals surface area contributed by atoms with Crippen molar-refractivity contribution in [1.29, 1.82) is 0 Å². The molecule has 0 aliphatic heterocycles. The summed E-state index contributed by atoms with van der Waals surface area (Å²) in [4.78, 5) is 22.0. The molecule has 1 heterocycles. The van der Waals surface area contributed by atoms with Crippen LogP contribution in [-0.2, 0) is 11.3 Å². The van der Waals surface area contributed by atoms with Crippen LogP contribution >= 0.6 is 0 Å². The second-order valence-corrected chi connectivity index (χ2v) is 3.87. The Morgan fingerprint density at radius 2 is 2.28 bits per heavy atom. The summed E-state index contributed by atoms with van der Waals surface area (Å²) in [5.41, 5.74) is 0. The van der Waals surface area contributed by atoms with E-state index in [1.807, 2.05) is 6.92 Å². The zero-order chi connectivity index (χ0) is 13.4. The van der Waals surface area contributed by atoms with Crippen molar-refractivity contribution < 1.29 is 14.7 Å². The van der Waals surface area contributed by atoms with Crippen LogP contribution in [0.15, 0.2) is 18.5 Å². The van der Waals surface area contributed by atoms with Crippen LogP contribution in [0.4, 0.5) is 4.79 Å². The van der Waals surface area contributed by atoms with Gasteiger partial charge in [0.25, 0.3) is 0 Å². The summed E-state index contributed by atoms with van der Waals surface area (Å²) in [5, 5.41) is 17.9. The molecule has 100 valence electrons. The predicted molar refractivity (Wildman–Crippen MR) is 65.1 cm³/mol. The number of nitrogens with zero attached hydrogens (tertiary/aromatic N) is 2. The number of carbonyl (C=O) groups excluding carboxylic acids is 1. The van der Waals surface area contributed by atoms with Crippen molar-refractivity contribution in [3.8, 4) is 0 Å². The van der Waals surface area contributed by atoms with E-state index >= 15 is 0 Å². The van der Waals surface area contributed by atoms with E-state index in [0.29, 0.717) is 19.5 Å². The van der Waals surface area contributed by atoms with Crippen molar-refractivity contribution in [1.82, 2.24) is 20.4 Å². The van der Waals surface area contributed by atoms with Gasteiger partial charge in [-0.25, -0.2) is 4.79 Å². The van der Waals surface area contributed by atoms with Crippen molar-refractivity contribution in [2.75, 3.05) is 6.54 Å². The molecule has 1 aromatic rings. The second kappa shape index (κ2) is 7.31. The summed E-state index contributed by atoms with van der Waals surface area (Å²) in [6.45, 7) is 2.85. The molecule has 1 rings (SSSR count). The van der Waals surface area contributed by atoms with Gasteiger partial charge >= 0.3 is 12.0 Å². The Bertz CT molecular complexity index is 378. The third kappa shape index (κ3) is 5.33. The van der Waals surface area contributed by atoms with Gasteiger partial charge in [0.15, 0.2) is 0 Å². The molecule has 3 N–H and O–H groups in total. The average molecular weight is 254 g/mol. The van der Waals surface area contributed by atoms with Crippen molar-refractivity contribution >= 4 is 12.0 Å². The van der Waals surface area contributed by atoms with E-state index in [2.05, 4.69) is 15.7 Å². The molecule has 0 radical (unpaired) electrons. The molecular formula is C11H18N4O3. The first-order valence-electron chi connectivity index (χ1n) is 5.85. The minimum atomic E-state index is -0.918. The van der Waals surface area contributed by atoms with E-state index in [-0.39, 0.29) is 18.5 Å². The number of carbonyl (C=O) groups is 2. The highest BCUT2D eigenvalue weighted by Crippen LogP contribution is 1.96. The Kier molecular flexibility index (Phi) is 5.69. The molecule has 0 saturated heterocycles. The molecule has 1 atom stereocenters. The van der Waals surface area contributed by atoms with Crippen LogP contribution in [0.3, 0.4) is 0 Å². The van der Waals surface area contributed by atoms with E-state index in [0.717, 1.165) is 0 Å². The highest BCUT2D eigenvalue weighted by atomic mass is 16.4. The van der Waals surface area contributed by atoms with E-state index in [1.165, 1.54) is 0 Å². The summed E-state index contributed by atoms with van der Waals surface area (Å²) < 4.78 is 1.70. The lowest BCUT2D eigenvalue weighted by atomic mass is 10.1. The number of hydrogen-bond acceptors (Lipinski definition) is 3. The third-order valence-corrected chi connectivity index (χ3v) is 2.43. The maximum atomic E-state index is 11.5. The van der Waals surface area contributed by atoms with Crippen molar-refractivity contribution in [3.63, 3.8) is 0 Å². The predicted octanol–water partition coefficient (Wildman–Crippen LogP) is 0.436. The van der Waals surface area contributed by atoms with Gasteiger partial charge in [0, 0.05) is 25.0 Å². The zero-order valence-corrected chi connectivity index (χ0v) is 10.3. The first kappa shape index (κ1) is 14.0. The van der Waals surface area contributed by atoms with Crippen LogP contribution < -0.4 is 10.6 Å². The van der Waals surface area contributed by atoms with Crippen LogP contribution in [0.25, 0.3) is 0 Å². The molecule has 2 amide bonds. The Balaban J connectivity index is 2.21. The monoisotopic (exact) mass is 254 g/mol. The van der Waals surface area contributed by atoms with Crippen molar-refractivity contribution in [2.24, 2.45) is 0 Å². The van der Waals surface area contributed by atoms with Gasteiger partial charge in [-0.3, -0.25) is 9.48 Å². The first-order chi connectivity index (χ1) is 8.61. The molecule has 0 saturated carbocycles. The van der Waals surface area contributed by atoms with Crippen LogP contribution in [0.2, 0.25) is 0 Å². The van der Waals surface area contributed by atoms with Crippen molar-refractivity contribution in [3.05, 3.63) is 18.5 Å². The lowest BCUT2D eigenvalue weighted by Crippen LogP contribution is -2.43. The molecule has 0 aromatic carbocycles. The standard InChI is InChI=1S/C11H18N4O3/c1-2-9(8-10(16)17)14-11(18)12-5-7-15-6-3-4-13-15/h3-4,6,9H,2,5,7-8H2,1H3,(H,16,17)(H2,12,14,18). The topological polar surface area (TPSA) is 96.3 Å². The number of urea groups is 1. The minimum absolute atomic E-state index is 0.0664. The summed E-state index contributed by atoms with van der Waals surface area (Å²) in [6, 6.07) is 1.11. The van der Waals surface area contributed by atoms with E-state index < -0.39 is 5.97 Å². The van der Waals surface area contributed by atoms with Crippen LogP contribution in [0.5, 0.6) is 0 Å². The Hall–Kier alpha value is -2.05. The Labute approximate surface area is 105 Å². The van der Waals surface area contributed by atoms with Gasteiger partial charge < -0.3 is 15.7 Å². The fraction of sp³-hybridized carbons (Fsp3) is 0.545. The summed E-state index contributed by atoms with van der Waals surface area (Å²) in [5.74, 6) is -0.918. The van der Waals surface area contributed by atoms with Gasteiger partial charge in [-0.2, -0.15) is 5.10 Å². The molecule has 7 heteroatoms. The Morgan fingerprint density at radius 3 is 2.83 bits per heavy atom. The average Bonchev–Trinajstić information content (AvgIpc) is 2.80. The summed E-state index contributed by atoms with van der Waals surface area (Å²) >= 11 is 0. The lowest BCUT2D eigenvalue weighted by molar-refractivity contribution is -0.137. The van der Waals surface area contributed by atoms with Crippen molar-refractivity contribution in [2.45, 2.75) is 32.4 Å². The molecule has 0 spiro atoms. The first-order valence-corrected chi connectivity index (χ1v) is 5.85. The number of carboxylic acids is 1. The molecule has 0 bridgehead atoms. The maximum absolute atomic E-state index is 11.5. The van der Waals surface area contributed by atoms with Crippen LogP contribution in [0, 0.1) is 0 Å². The lowest BCUT2D eigenvalue weighted by Gasteiger charge is -2.15. The summed E-state index contributed by atoms with van der Waals surface area (Å²) in [6.07, 6.45) is 3.99. The molecule has 0 fully saturated rings. The van der Waals surface area contributed by atoms with E-state index in [9.17, 15) is 9.59 Å². The van der Waals surface area contributed by atoms with Crippen LogP contribution in [0.1, 0.15) is 19.8 Å². The third-order valence-electron chi connectivity index (χ3n) is 2.43. The molecule has 0 aliphatic rings. The van der Waals surface area contributed by atoms with Gasteiger partial charge in [-0.1, -0.05) is 6.92 Å². The van der Waals surface area contributed by atoms with Gasteiger partial charge in [0.1, 0.15) is 0 Å². The quantitative estimate of drug-likeness (QED) is 0.657. The molecule has 7 nitrogen and oxygen atoms in total. The fourth-order valence-electron chi connectivity index (χ4n) is 1.46. The largest absolute Gasteiger partial charge is 0.481 e. The normalized spacial score (nSPS) is 11.8. The molecule has 18 heavy (non-hydrogen) atoms. The molecular weight excluding hydrogens is 236 g/mol. The molecule has 1 unspecified atom stereocenters. The molecule has 1 aromatic heterocycles. The van der Waals surface area contributed by atoms with E-state index in [4.69, 9.17) is 5.11 Å². The number of hydrogen-bond donors (Lipinski definition) is 3. The number of aliphatic carboxylic acids is 1. The number of carboxylic acid groups (broad SMARTS) is 1. The van der Waals surface area contributed by atoms with Crippen LogP contribution in [-0.4, -0.2) is 39.5 Å². The highest BCUT2D eigenvalue weighted by Gasteiger charge is 2.13. The maximum Gasteiger partial charge on any atom is 0.315 e. The summed E-state index contributed by atoms with van der Waals surface area (Å²) in [7, 11) is 0. The second-order valence-electron chi connectivity index (χ2n) is 3.87. The SMILES string of the molecule is CCC(CC(=O)O)NC(=O)NCCn1cccn1. The minimum Gasteiger partial charge on any atom is -0.481 e. The van der Waals surface area contributed by atoms with Gasteiger partial charge in [-0.15, -0.1) is 0 Å². The number of aromatic nitrogens is 2. The smallest absolute Gasteiger partial charge is 0.315 e.